The van der Waals surface area contributed by atoms with Crippen LogP contribution in [-0.2, 0) is 0 Å². The van der Waals surface area contributed by atoms with Gasteiger partial charge in [0, 0.05) is 21.3 Å². The Hall–Kier alpha value is -2.34. The largest absolute Gasteiger partial charge is 0.125 e. The molecule has 0 saturated heterocycles. The average Bonchev–Trinajstić information content (AvgIpc) is 3.05. The van der Waals surface area contributed by atoms with Gasteiger partial charge in [-0.15, -0.1) is 23.5 Å². The molecule has 0 aliphatic carbocycles. The van der Waals surface area contributed by atoms with Crippen LogP contribution < -0.4 is 21.2 Å². The molecular weight excluding hydrogens is 583 g/mol. The smallest absolute Gasteiger partial charge is 0.0137 e. The van der Waals surface area contributed by atoms with E-state index in [1.807, 2.05) is 0 Å². The van der Waals surface area contributed by atoms with E-state index in [0.29, 0.717) is 0 Å². The van der Waals surface area contributed by atoms with Crippen molar-refractivity contribution >= 4 is 60.6 Å². The van der Waals surface area contributed by atoms with Gasteiger partial charge in [-0.25, -0.2) is 0 Å². The second-order valence-electron chi connectivity index (χ2n) is 10.5. The summed E-state index contributed by atoms with van der Waals surface area (Å²) in [6.07, 6.45) is 2.37. The summed E-state index contributed by atoms with van der Waals surface area (Å²) in [5.41, 5.74) is 5.84. The van der Waals surface area contributed by atoms with E-state index in [2.05, 4.69) is 173 Å². The van der Waals surface area contributed by atoms with Crippen molar-refractivity contribution in [2.45, 2.75) is 37.5 Å². The van der Waals surface area contributed by atoms with Crippen LogP contribution in [0.2, 0.25) is 0 Å². The highest BCUT2D eigenvalue weighted by Gasteiger charge is 2.19. The summed E-state index contributed by atoms with van der Waals surface area (Å²) in [5.74, 6) is 2.25. The minimum absolute atomic E-state index is 0.364. The van der Waals surface area contributed by atoms with E-state index in [0.717, 1.165) is 11.5 Å². The second kappa shape index (κ2) is 15.4. The molecule has 0 atom stereocenters. The molecule has 0 aliphatic rings. The Morgan fingerprint density at radius 3 is 0.857 bits per heavy atom. The predicted octanol–water partition coefficient (Wildman–Crippen LogP) is 9.37. The van der Waals surface area contributed by atoms with E-state index < -0.39 is 0 Å². The van der Waals surface area contributed by atoms with Crippen LogP contribution in [0.15, 0.2) is 131 Å². The van der Waals surface area contributed by atoms with Crippen molar-refractivity contribution in [3.63, 3.8) is 0 Å². The number of hydrogen-bond acceptors (Lipinski definition) is 2. The van der Waals surface area contributed by atoms with Crippen molar-refractivity contribution in [3.8, 4) is 0 Å². The molecule has 0 saturated carbocycles. The highest BCUT2D eigenvalue weighted by atomic mass is 32.2. The molecule has 0 aliphatic heterocycles. The molecular formula is C38H40P2S2. The summed E-state index contributed by atoms with van der Waals surface area (Å²) in [4.78, 5) is 2.97. The van der Waals surface area contributed by atoms with Gasteiger partial charge in [0.25, 0.3) is 0 Å². The van der Waals surface area contributed by atoms with Crippen molar-refractivity contribution in [3.05, 3.63) is 144 Å². The minimum Gasteiger partial charge on any atom is -0.125 e. The van der Waals surface area contributed by atoms with E-state index in [-0.39, 0.29) is 15.8 Å². The molecule has 42 heavy (non-hydrogen) atoms. The van der Waals surface area contributed by atoms with Crippen LogP contribution in [0, 0.1) is 27.7 Å². The first-order chi connectivity index (χ1) is 20.5. The van der Waals surface area contributed by atoms with Crippen LogP contribution >= 0.6 is 39.4 Å². The molecule has 0 aromatic heterocycles. The fraction of sp³-hybridized carbons (Fsp3) is 0.211. The van der Waals surface area contributed by atoms with Crippen molar-refractivity contribution in [2.24, 2.45) is 0 Å². The fourth-order valence-corrected chi connectivity index (χ4v) is 13.2. The molecule has 0 nitrogen and oxygen atoms in total. The number of hydrogen-bond donors (Lipinski definition) is 0. The monoisotopic (exact) mass is 622 g/mol. The van der Waals surface area contributed by atoms with Crippen molar-refractivity contribution in [2.75, 3.05) is 23.8 Å². The Morgan fingerprint density at radius 1 is 0.381 bits per heavy atom. The maximum absolute atomic E-state index is 2.34. The van der Waals surface area contributed by atoms with Gasteiger partial charge in [0.2, 0.25) is 0 Å². The van der Waals surface area contributed by atoms with Crippen molar-refractivity contribution < 1.29 is 0 Å². The van der Waals surface area contributed by atoms with E-state index in [1.54, 1.807) is 0 Å². The predicted molar refractivity (Wildman–Crippen MR) is 195 cm³/mol. The Balaban J connectivity index is 1.29. The quantitative estimate of drug-likeness (QED) is 0.100. The first-order valence-electron chi connectivity index (χ1n) is 14.7. The van der Waals surface area contributed by atoms with E-state index >= 15 is 0 Å². The van der Waals surface area contributed by atoms with Crippen LogP contribution in [0.1, 0.15) is 22.3 Å². The first kappa shape index (κ1) is 31.1. The van der Waals surface area contributed by atoms with Crippen LogP contribution in [0.25, 0.3) is 0 Å². The molecule has 0 heterocycles. The van der Waals surface area contributed by atoms with Gasteiger partial charge in [0.1, 0.15) is 0 Å². The highest BCUT2D eigenvalue weighted by molar-refractivity contribution is 8.00. The lowest BCUT2D eigenvalue weighted by molar-refractivity contribution is 1.06. The molecule has 0 fully saturated rings. The SMILES string of the molecule is Cc1c(C)c(SCCP(c2ccccc2)c2ccccc2)c(C)c(C)c1SCCP(c1ccccc1)c1ccccc1. The molecule has 0 N–H and O–H groups in total. The topological polar surface area (TPSA) is 0 Å². The van der Waals surface area contributed by atoms with Gasteiger partial charge in [-0.2, -0.15) is 0 Å². The number of benzene rings is 5. The number of thioether (sulfide) groups is 2. The zero-order valence-corrected chi connectivity index (χ0v) is 28.5. The summed E-state index contributed by atoms with van der Waals surface area (Å²) in [5, 5.41) is 5.88. The van der Waals surface area contributed by atoms with Crippen LogP contribution in [0.4, 0.5) is 0 Å². The molecule has 4 heteroatoms. The zero-order valence-electron chi connectivity index (χ0n) is 25.1. The van der Waals surface area contributed by atoms with Gasteiger partial charge in [-0.05, 0) is 99.3 Å². The molecule has 214 valence electrons. The van der Waals surface area contributed by atoms with Crippen LogP contribution in [-0.4, -0.2) is 23.8 Å². The Labute approximate surface area is 264 Å². The summed E-state index contributed by atoms with van der Waals surface area (Å²) < 4.78 is 0. The average molecular weight is 623 g/mol. The van der Waals surface area contributed by atoms with Gasteiger partial charge in [0.15, 0.2) is 0 Å². The third kappa shape index (κ3) is 7.59. The van der Waals surface area contributed by atoms with Gasteiger partial charge < -0.3 is 0 Å². The lowest BCUT2D eigenvalue weighted by atomic mass is 10.0. The molecule has 5 rings (SSSR count). The maximum Gasteiger partial charge on any atom is 0.0137 e. The first-order valence-corrected chi connectivity index (χ1v) is 19.7. The minimum atomic E-state index is -0.364. The van der Waals surface area contributed by atoms with Crippen LogP contribution in [0.3, 0.4) is 0 Å². The lowest BCUT2D eigenvalue weighted by Crippen LogP contribution is -2.15. The molecule has 0 bridgehead atoms. The summed E-state index contributed by atoms with van der Waals surface area (Å²) in [6.45, 7) is 9.36. The van der Waals surface area contributed by atoms with E-state index in [4.69, 9.17) is 0 Å². The van der Waals surface area contributed by atoms with Gasteiger partial charge in [-0.1, -0.05) is 121 Å². The molecule has 0 amide bonds. The summed E-state index contributed by atoms with van der Waals surface area (Å²) in [6, 6.07) is 44.4. The second-order valence-corrected chi connectivity index (χ2v) is 17.4. The summed E-state index contributed by atoms with van der Waals surface area (Å²) in [7, 11) is -0.728. The van der Waals surface area contributed by atoms with Crippen LogP contribution in [0.5, 0.6) is 0 Å². The Bertz CT molecular complexity index is 1330. The third-order valence-corrected chi connectivity index (χ3v) is 16.1. The molecule has 0 spiro atoms. The standard InChI is InChI=1S/C38H40P2S2/c1-29-30(2)38(42-28-26-40(35-21-13-7-14-22-35)36-23-15-8-16-24-36)32(4)31(3)37(29)41-27-25-39(33-17-9-5-10-18-33)34-19-11-6-12-20-34/h5-24H,25-28H2,1-4H3. The maximum atomic E-state index is 2.34. The number of rotatable bonds is 12. The van der Waals surface area contributed by atoms with Gasteiger partial charge in [0.05, 0.1) is 0 Å². The Kier molecular flexibility index (Phi) is 11.4. The van der Waals surface area contributed by atoms with E-state index in [1.165, 1.54) is 65.6 Å². The van der Waals surface area contributed by atoms with E-state index in [9.17, 15) is 0 Å². The molecule has 0 radical (unpaired) electrons. The summed E-state index contributed by atoms with van der Waals surface area (Å²) >= 11 is 4.12. The van der Waals surface area contributed by atoms with Crippen molar-refractivity contribution in [1.82, 2.24) is 0 Å². The molecule has 5 aromatic carbocycles. The fourth-order valence-electron chi connectivity index (χ4n) is 5.40. The highest BCUT2D eigenvalue weighted by Crippen LogP contribution is 2.42. The molecule has 5 aromatic rings. The lowest BCUT2D eigenvalue weighted by Gasteiger charge is -2.23. The molecule has 0 unspecified atom stereocenters. The van der Waals surface area contributed by atoms with Gasteiger partial charge >= 0.3 is 0 Å². The Morgan fingerprint density at radius 2 is 0.619 bits per heavy atom. The third-order valence-electron chi connectivity index (χ3n) is 7.88. The van der Waals surface area contributed by atoms with Crippen molar-refractivity contribution in [1.29, 1.82) is 0 Å². The normalized spacial score (nSPS) is 11.4. The zero-order chi connectivity index (χ0) is 29.3. The van der Waals surface area contributed by atoms with Gasteiger partial charge in [-0.3, -0.25) is 0 Å².